The van der Waals surface area contributed by atoms with Crippen LogP contribution < -0.4 is 10.1 Å². The van der Waals surface area contributed by atoms with Gasteiger partial charge in [-0.1, -0.05) is 6.07 Å². The predicted molar refractivity (Wildman–Crippen MR) is 75.6 cm³/mol. The third-order valence-corrected chi connectivity index (χ3v) is 3.03. The molecule has 1 unspecified atom stereocenters. The number of benzene rings is 1. The van der Waals surface area contributed by atoms with Crippen LogP contribution in [0.1, 0.15) is 32.8 Å². The van der Waals surface area contributed by atoms with Gasteiger partial charge in [0.1, 0.15) is 5.54 Å². The van der Waals surface area contributed by atoms with Crippen molar-refractivity contribution in [3.05, 3.63) is 29.6 Å². The summed E-state index contributed by atoms with van der Waals surface area (Å²) in [6.07, 6.45) is 0.244. The smallest absolute Gasteiger partial charge is 0.323 e. The largest absolute Gasteiger partial charge is 0.490 e. The molecule has 4 nitrogen and oxygen atoms in total. The number of hydrogen-bond donors (Lipinski definition) is 2. The van der Waals surface area contributed by atoms with E-state index in [0.717, 1.165) is 5.56 Å². The Labute approximate surface area is 119 Å². The van der Waals surface area contributed by atoms with E-state index in [9.17, 15) is 14.3 Å². The molecule has 0 spiro atoms. The van der Waals surface area contributed by atoms with Crippen LogP contribution in [0.25, 0.3) is 0 Å². The summed E-state index contributed by atoms with van der Waals surface area (Å²) in [6.45, 7) is 7.33. The van der Waals surface area contributed by atoms with Crippen LogP contribution in [-0.4, -0.2) is 29.3 Å². The molecule has 5 heteroatoms. The van der Waals surface area contributed by atoms with Crippen molar-refractivity contribution in [1.82, 2.24) is 5.32 Å². The lowest BCUT2D eigenvalue weighted by atomic mass is 9.97. The average Bonchev–Trinajstić information content (AvgIpc) is 2.32. The van der Waals surface area contributed by atoms with Gasteiger partial charge < -0.3 is 9.84 Å². The van der Waals surface area contributed by atoms with E-state index in [0.29, 0.717) is 0 Å². The molecular formula is C15H22FNO3. The Balaban J connectivity index is 2.65. The lowest BCUT2D eigenvalue weighted by molar-refractivity contribution is -0.145. The highest BCUT2D eigenvalue weighted by Gasteiger charge is 2.33. The molecule has 0 heterocycles. The SMILES string of the molecule is Cc1ccc(F)c(OCCC(C)(NC(C)C)C(=O)O)c1. The molecule has 20 heavy (non-hydrogen) atoms. The molecule has 0 bridgehead atoms. The maximum Gasteiger partial charge on any atom is 0.323 e. The van der Waals surface area contributed by atoms with Crippen LogP contribution in [0.15, 0.2) is 18.2 Å². The Morgan fingerprint density at radius 3 is 2.70 bits per heavy atom. The Morgan fingerprint density at radius 2 is 2.15 bits per heavy atom. The van der Waals surface area contributed by atoms with Crippen LogP contribution in [0.4, 0.5) is 4.39 Å². The lowest BCUT2D eigenvalue weighted by Gasteiger charge is -2.28. The van der Waals surface area contributed by atoms with Gasteiger partial charge in [0.2, 0.25) is 0 Å². The normalized spacial score (nSPS) is 14.1. The van der Waals surface area contributed by atoms with E-state index in [-0.39, 0.29) is 24.8 Å². The first-order chi connectivity index (χ1) is 9.24. The van der Waals surface area contributed by atoms with Gasteiger partial charge >= 0.3 is 5.97 Å². The van der Waals surface area contributed by atoms with E-state index in [1.54, 1.807) is 19.1 Å². The van der Waals surface area contributed by atoms with E-state index in [1.165, 1.54) is 6.07 Å². The first-order valence-corrected chi connectivity index (χ1v) is 6.64. The molecule has 0 radical (unpaired) electrons. The Bertz CT molecular complexity index is 476. The van der Waals surface area contributed by atoms with Gasteiger partial charge in [-0.3, -0.25) is 10.1 Å². The Morgan fingerprint density at radius 1 is 1.50 bits per heavy atom. The summed E-state index contributed by atoms with van der Waals surface area (Å²) >= 11 is 0. The third kappa shape index (κ3) is 4.49. The zero-order valence-corrected chi connectivity index (χ0v) is 12.4. The van der Waals surface area contributed by atoms with Crippen molar-refractivity contribution >= 4 is 5.97 Å². The van der Waals surface area contributed by atoms with Crippen molar-refractivity contribution in [2.75, 3.05) is 6.61 Å². The number of aliphatic carboxylic acids is 1. The van der Waals surface area contributed by atoms with Gasteiger partial charge in [0.25, 0.3) is 0 Å². The summed E-state index contributed by atoms with van der Waals surface area (Å²) in [5.74, 6) is -1.23. The highest BCUT2D eigenvalue weighted by molar-refractivity contribution is 5.78. The van der Waals surface area contributed by atoms with Gasteiger partial charge in [-0.2, -0.15) is 0 Å². The van der Waals surface area contributed by atoms with Gasteiger partial charge in [-0.15, -0.1) is 0 Å². The van der Waals surface area contributed by atoms with Gasteiger partial charge in [-0.05, 0) is 45.4 Å². The van der Waals surface area contributed by atoms with Gasteiger partial charge in [0.15, 0.2) is 11.6 Å². The molecule has 0 saturated heterocycles. The Kier molecular flexibility index (Phi) is 5.51. The fourth-order valence-corrected chi connectivity index (χ4v) is 1.96. The molecule has 2 N–H and O–H groups in total. The van der Waals surface area contributed by atoms with Crippen molar-refractivity contribution in [1.29, 1.82) is 0 Å². The van der Waals surface area contributed by atoms with Gasteiger partial charge in [0.05, 0.1) is 6.61 Å². The highest BCUT2D eigenvalue weighted by atomic mass is 19.1. The number of carboxylic acids is 1. The van der Waals surface area contributed by atoms with Crippen LogP contribution in [0.5, 0.6) is 5.75 Å². The minimum atomic E-state index is -1.09. The molecule has 1 aromatic carbocycles. The second-order valence-corrected chi connectivity index (χ2v) is 5.47. The van der Waals surface area contributed by atoms with Crippen molar-refractivity contribution in [3.8, 4) is 5.75 Å². The topological polar surface area (TPSA) is 58.6 Å². The van der Waals surface area contributed by atoms with Crippen LogP contribution in [0.3, 0.4) is 0 Å². The number of nitrogens with one attached hydrogen (secondary N) is 1. The number of rotatable bonds is 7. The van der Waals surface area contributed by atoms with E-state index >= 15 is 0 Å². The van der Waals surface area contributed by atoms with Crippen molar-refractivity contribution in [2.24, 2.45) is 0 Å². The second-order valence-electron chi connectivity index (χ2n) is 5.47. The van der Waals surface area contributed by atoms with Crippen LogP contribution in [-0.2, 0) is 4.79 Å². The van der Waals surface area contributed by atoms with Crippen molar-refractivity contribution < 1.29 is 19.0 Å². The maximum atomic E-state index is 13.5. The number of hydrogen-bond acceptors (Lipinski definition) is 3. The quantitative estimate of drug-likeness (QED) is 0.808. The molecule has 112 valence electrons. The van der Waals surface area contributed by atoms with E-state index < -0.39 is 17.3 Å². The summed E-state index contributed by atoms with van der Waals surface area (Å²) < 4.78 is 18.9. The molecule has 0 saturated carbocycles. The molecule has 0 amide bonds. The van der Waals surface area contributed by atoms with Crippen LogP contribution >= 0.6 is 0 Å². The fourth-order valence-electron chi connectivity index (χ4n) is 1.96. The molecule has 0 fully saturated rings. The van der Waals surface area contributed by atoms with Gasteiger partial charge in [-0.25, -0.2) is 4.39 Å². The van der Waals surface area contributed by atoms with Crippen LogP contribution in [0.2, 0.25) is 0 Å². The molecular weight excluding hydrogens is 261 g/mol. The first-order valence-electron chi connectivity index (χ1n) is 6.64. The molecule has 1 aromatic rings. The zero-order chi connectivity index (χ0) is 15.3. The number of ether oxygens (including phenoxy) is 1. The van der Waals surface area contributed by atoms with E-state index in [1.807, 2.05) is 20.8 Å². The van der Waals surface area contributed by atoms with Crippen molar-refractivity contribution in [2.45, 2.75) is 45.7 Å². The molecule has 0 aliphatic rings. The number of carbonyl (C=O) groups is 1. The lowest BCUT2D eigenvalue weighted by Crippen LogP contribution is -2.53. The zero-order valence-electron chi connectivity index (χ0n) is 12.4. The molecule has 1 rings (SSSR count). The average molecular weight is 283 g/mol. The summed E-state index contributed by atoms with van der Waals surface area (Å²) in [5.41, 5.74) is -0.197. The highest BCUT2D eigenvalue weighted by Crippen LogP contribution is 2.20. The summed E-state index contributed by atoms with van der Waals surface area (Å²) in [6, 6.07) is 4.63. The standard InChI is InChI=1S/C15H22FNO3/c1-10(2)17-15(4,14(18)19)7-8-20-13-9-11(3)5-6-12(13)16/h5-6,9-10,17H,7-8H2,1-4H3,(H,18,19). The minimum absolute atomic E-state index is 0.0341. The summed E-state index contributed by atoms with van der Waals surface area (Å²) in [7, 11) is 0. The first kappa shape index (κ1) is 16.4. The summed E-state index contributed by atoms with van der Waals surface area (Å²) in [5, 5.41) is 12.3. The fraction of sp³-hybridized carbons (Fsp3) is 0.533. The third-order valence-electron chi connectivity index (χ3n) is 3.03. The second kappa shape index (κ2) is 6.70. The Hall–Kier alpha value is -1.62. The van der Waals surface area contributed by atoms with Gasteiger partial charge in [0, 0.05) is 12.5 Å². The monoisotopic (exact) mass is 283 g/mol. The maximum absolute atomic E-state index is 13.5. The van der Waals surface area contributed by atoms with Crippen molar-refractivity contribution in [3.63, 3.8) is 0 Å². The number of aryl methyl sites for hydroxylation is 1. The molecule has 0 aromatic heterocycles. The number of carboxylic acid groups (broad SMARTS) is 1. The van der Waals surface area contributed by atoms with E-state index in [2.05, 4.69) is 5.32 Å². The molecule has 0 aliphatic carbocycles. The summed E-state index contributed by atoms with van der Waals surface area (Å²) in [4.78, 5) is 11.3. The van der Waals surface area contributed by atoms with E-state index in [4.69, 9.17) is 4.74 Å². The van der Waals surface area contributed by atoms with Crippen LogP contribution in [0, 0.1) is 12.7 Å². The molecule has 0 aliphatic heterocycles. The molecule has 1 atom stereocenters. The predicted octanol–water partition coefficient (Wildman–Crippen LogP) is 2.74. The number of halogens is 1. The minimum Gasteiger partial charge on any atom is -0.490 e.